The van der Waals surface area contributed by atoms with E-state index in [2.05, 4.69) is 10.3 Å². The largest absolute Gasteiger partial charge is 0.378 e. The van der Waals surface area contributed by atoms with Crippen molar-refractivity contribution in [2.45, 2.75) is 20.4 Å². The van der Waals surface area contributed by atoms with E-state index in [1.165, 1.54) is 22.2 Å². The Bertz CT molecular complexity index is 1160. The van der Waals surface area contributed by atoms with Gasteiger partial charge in [-0.2, -0.15) is 0 Å². The molecule has 1 N–H and O–H groups in total. The first-order valence-electron chi connectivity index (χ1n) is 9.66. The second kappa shape index (κ2) is 8.37. The van der Waals surface area contributed by atoms with Crippen molar-refractivity contribution in [3.8, 4) is 0 Å². The van der Waals surface area contributed by atoms with Crippen molar-refractivity contribution in [3.05, 3.63) is 57.0 Å². The fourth-order valence-corrected chi connectivity index (χ4v) is 4.41. The number of nitrogens with one attached hydrogen (secondary N) is 1. The van der Waals surface area contributed by atoms with Crippen molar-refractivity contribution in [1.29, 1.82) is 0 Å². The lowest BCUT2D eigenvalue weighted by atomic mass is 10.2. The minimum atomic E-state index is -0.315. The summed E-state index contributed by atoms with van der Waals surface area (Å²) in [4.78, 5) is 45.2. The number of benzene rings is 1. The van der Waals surface area contributed by atoms with Crippen LogP contribution in [-0.2, 0) is 16.1 Å². The van der Waals surface area contributed by atoms with Gasteiger partial charge in [0.05, 0.1) is 29.8 Å². The summed E-state index contributed by atoms with van der Waals surface area (Å²) in [7, 11) is 0. The molecule has 156 valence electrons. The lowest BCUT2D eigenvalue weighted by Crippen LogP contribution is -2.43. The predicted octanol–water partition coefficient (Wildman–Crippen LogP) is 2.19. The highest BCUT2D eigenvalue weighted by molar-refractivity contribution is 7.20. The van der Waals surface area contributed by atoms with Gasteiger partial charge in [0.25, 0.3) is 11.5 Å². The van der Waals surface area contributed by atoms with Crippen LogP contribution in [-0.4, -0.2) is 52.6 Å². The molecule has 2 aromatic heterocycles. The minimum absolute atomic E-state index is 0.0814. The smallest absolute Gasteiger partial charge is 0.266 e. The van der Waals surface area contributed by atoms with Gasteiger partial charge in [-0.25, -0.2) is 4.98 Å². The molecule has 1 aliphatic heterocycles. The maximum absolute atomic E-state index is 13.0. The molecule has 3 heterocycles. The molecule has 1 fully saturated rings. The number of rotatable bonds is 4. The van der Waals surface area contributed by atoms with Crippen molar-refractivity contribution in [2.24, 2.45) is 0 Å². The highest BCUT2D eigenvalue weighted by Crippen LogP contribution is 2.27. The van der Waals surface area contributed by atoms with Crippen LogP contribution in [0.5, 0.6) is 0 Å². The Kier molecular flexibility index (Phi) is 5.65. The van der Waals surface area contributed by atoms with Gasteiger partial charge in [0.15, 0.2) is 0 Å². The molecule has 30 heavy (non-hydrogen) atoms. The SMILES string of the molecule is Cc1ccc(NC(=O)c2sc3ncn(CC(=O)N4CCOCC4)c(=O)c3c2C)cc1. The molecule has 1 aliphatic rings. The third-order valence-corrected chi connectivity index (χ3v) is 6.30. The van der Waals surface area contributed by atoms with Crippen LogP contribution in [0.25, 0.3) is 10.2 Å². The zero-order valence-electron chi connectivity index (χ0n) is 16.8. The summed E-state index contributed by atoms with van der Waals surface area (Å²) in [6.45, 7) is 5.67. The number of carbonyl (C=O) groups is 2. The molecule has 1 aromatic carbocycles. The molecule has 0 unspecified atom stereocenters. The number of ether oxygens (including phenoxy) is 1. The maximum Gasteiger partial charge on any atom is 0.266 e. The number of amides is 2. The third-order valence-electron chi connectivity index (χ3n) is 5.10. The molecule has 0 aliphatic carbocycles. The first kappa shape index (κ1) is 20.2. The monoisotopic (exact) mass is 426 g/mol. The molecular formula is C21H22N4O4S. The lowest BCUT2D eigenvalue weighted by molar-refractivity contribution is -0.135. The van der Waals surface area contributed by atoms with Crippen LogP contribution in [0.2, 0.25) is 0 Å². The van der Waals surface area contributed by atoms with E-state index in [0.717, 1.165) is 5.56 Å². The summed E-state index contributed by atoms with van der Waals surface area (Å²) in [6.07, 6.45) is 1.38. The van der Waals surface area contributed by atoms with Gasteiger partial charge >= 0.3 is 0 Å². The number of hydrogen-bond donors (Lipinski definition) is 1. The van der Waals surface area contributed by atoms with Gasteiger partial charge in [0.1, 0.15) is 11.4 Å². The van der Waals surface area contributed by atoms with Crippen LogP contribution in [0, 0.1) is 13.8 Å². The molecule has 3 aromatic rings. The Morgan fingerprint density at radius 1 is 1.17 bits per heavy atom. The Morgan fingerprint density at radius 2 is 1.87 bits per heavy atom. The Balaban J connectivity index is 1.59. The van der Waals surface area contributed by atoms with Crippen LogP contribution < -0.4 is 10.9 Å². The van der Waals surface area contributed by atoms with E-state index in [9.17, 15) is 14.4 Å². The van der Waals surface area contributed by atoms with Gasteiger partial charge in [0, 0.05) is 18.8 Å². The van der Waals surface area contributed by atoms with Crippen molar-refractivity contribution < 1.29 is 14.3 Å². The molecule has 0 spiro atoms. The van der Waals surface area contributed by atoms with E-state index < -0.39 is 0 Å². The molecular weight excluding hydrogens is 404 g/mol. The van der Waals surface area contributed by atoms with E-state index in [1.54, 1.807) is 11.8 Å². The zero-order chi connectivity index (χ0) is 21.3. The second-order valence-corrected chi connectivity index (χ2v) is 8.23. The first-order chi connectivity index (χ1) is 14.4. The standard InChI is InChI=1S/C21H22N4O4S/c1-13-3-5-15(6-4-13)23-19(27)18-14(2)17-20(30-18)22-12-25(21(17)28)11-16(26)24-7-9-29-10-8-24/h3-6,12H,7-11H2,1-2H3,(H,23,27). The average Bonchev–Trinajstić information content (AvgIpc) is 3.09. The van der Waals surface area contributed by atoms with Crippen LogP contribution in [0.1, 0.15) is 20.8 Å². The van der Waals surface area contributed by atoms with E-state index in [4.69, 9.17) is 4.74 Å². The van der Waals surface area contributed by atoms with Gasteiger partial charge < -0.3 is 15.0 Å². The Hall–Kier alpha value is -3.04. The molecule has 0 saturated carbocycles. The maximum atomic E-state index is 13.0. The van der Waals surface area contributed by atoms with E-state index in [1.807, 2.05) is 31.2 Å². The Labute approximate surface area is 177 Å². The summed E-state index contributed by atoms with van der Waals surface area (Å²) in [6, 6.07) is 7.49. The summed E-state index contributed by atoms with van der Waals surface area (Å²) in [5.74, 6) is -0.429. The van der Waals surface area contributed by atoms with Gasteiger partial charge in [-0.1, -0.05) is 17.7 Å². The normalized spacial score (nSPS) is 14.1. The van der Waals surface area contributed by atoms with Crippen LogP contribution in [0.15, 0.2) is 35.4 Å². The molecule has 0 radical (unpaired) electrons. The number of aryl methyl sites for hydroxylation is 2. The molecule has 0 bridgehead atoms. The van der Waals surface area contributed by atoms with E-state index in [0.29, 0.717) is 52.6 Å². The van der Waals surface area contributed by atoms with Crippen molar-refractivity contribution in [3.63, 3.8) is 0 Å². The van der Waals surface area contributed by atoms with E-state index in [-0.39, 0.29) is 23.9 Å². The number of morpholine rings is 1. The van der Waals surface area contributed by atoms with Crippen molar-refractivity contribution >= 4 is 39.1 Å². The number of nitrogens with zero attached hydrogens (tertiary/aromatic N) is 3. The van der Waals surface area contributed by atoms with E-state index >= 15 is 0 Å². The van der Waals surface area contributed by atoms with Crippen molar-refractivity contribution in [2.75, 3.05) is 31.6 Å². The number of hydrogen-bond acceptors (Lipinski definition) is 6. The summed E-state index contributed by atoms with van der Waals surface area (Å²) >= 11 is 1.18. The topological polar surface area (TPSA) is 93.5 Å². The van der Waals surface area contributed by atoms with Crippen molar-refractivity contribution in [1.82, 2.24) is 14.5 Å². The second-order valence-electron chi connectivity index (χ2n) is 7.23. The first-order valence-corrected chi connectivity index (χ1v) is 10.5. The fourth-order valence-electron chi connectivity index (χ4n) is 3.37. The minimum Gasteiger partial charge on any atom is -0.378 e. The average molecular weight is 426 g/mol. The molecule has 2 amide bonds. The third kappa shape index (κ3) is 3.99. The number of aromatic nitrogens is 2. The zero-order valence-corrected chi connectivity index (χ0v) is 17.6. The summed E-state index contributed by atoms with van der Waals surface area (Å²) < 4.78 is 6.57. The summed E-state index contributed by atoms with van der Waals surface area (Å²) in [5.41, 5.74) is 2.04. The van der Waals surface area contributed by atoms with Gasteiger partial charge in [-0.3, -0.25) is 19.0 Å². The molecule has 9 heteroatoms. The Morgan fingerprint density at radius 3 is 2.57 bits per heavy atom. The fraction of sp³-hybridized carbons (Fsp3) is 0.333. The quantitative estimate of drug-likeness (QED) is 0.690. The van der Waals surface area contributed by atoms with Crippen LogP contribution >= 0.6 is 11.3 Å². The molecule has 0 atom stereocenters. The number of thiophene rings is 1. The van der Waals surface area contributed by atoms with Gasteiger partial charge in [-0.05, 0) is 31.5 Å². The van der Waals surface area contributed by atoms with Gasteiger partial charge in [-0.15, -0.1) is 11.3 Å². The van der Waals surface area contributed by atoms with Crippen LogP contribution in [0.4, 0.5) is 5.69 Å². The molecule has 8 nitrogen and oxygen atoms in total. The number of fused-ring (bicyclic) bond motifs is 1. The highest BCUT2D eigenvalue weighted by atomic mass is 32.1. The predicted molar refractivity (Wildman–Crippen MR) is 115 cm³/mol. The van der Waals surface area contributed by atoms with Gasteiger partial charge in [0.2, 0.25) is 5.91 Å². The lowest BCUT2D eigenvalue weighted by Gasteiger charge is -2.26. The number of carbonyl (C=O) groups excluding carboxylic acids is 2. The number of anilines is 1. The molecule has 1 saturated heterocycles. The highest BCUT2D eigenvalue weighted by Gasteiger charge is 2.22. The summed E-state index contributed by atoms with van der Waals surface area (Å²) in [5, 5.41) is 3.24. The molecule has 4 rings (SSSR count). The van der Waals surface area contributed by atoms with Crippen LogP contribution in [0.3, 0.4) is 0 Å².